The van der Waals surface area contributed by atoms with Gasteiger partial charge in [-0.15, -0.1) is 0 Å². The van der Waals surface area contributed by atoms with Gasteiger partial charge < -0.3 is 15.8 Å². The molecule has 0 aliphatic heterocycles. The lowest BCUT2D eigenvalue weighted by Gasteiger charge is -2.13. The number of para-hydroxylation sites is 1. The summed E-state index contributed by atoms with van der Waals surface area (Å²) in [6.07, 6.45) is 0.975. The molecule has 0 unspecified atom stereocenters. The van der Waals surface area contributed by atoms with Crippen molar-refractivity contribution in [3.8, 4) is 5.75 Å². The number of rotatable bonds is 6. The number of hydrogen-bond donors (Lipinski definition) is 2. The Morgan fingerprint density at radius 3 is 2.88 bits per heavy atom. The highest BCUT2D eigenvalue weighted by Gasteiger charge is 2.04. The van der Waals surface area contributed by atoms with Gasteiger partial charge in [0.05, 0.1) is 18.0 Å². The van der Waals surface area contributed by atoms with Crippen molar-refractivity contribution in [3.05, 3.63) is 30.4 Å². The minimum Gasteiger partial charge on any atom is -0.491 e. The zero-order chi connectivity index (χ0) is 12.0. The lowest BCUT2D eigenvalue weighted by Crippen LogP contribution is -2.06. The number of nitrogens with two attached hydrogens (primary N) is 1. The van der Waals surface area contributed by atoms with Crippen molar-refractivity contribution in [2.75, 3.05) is 24.2 Å². The summed E-state index contributed by atoms with van der Waals surface area (Å²) in [4.78, 5) is 0. The summed E-state index contributed by atoms with van der Waals surface area (Å²) in [7, 11) is 0. The first-order valence-corrected chi connectivity index (χ1v) is 5.54. The van der Waals surface area contributed by atoms with Gasteiger partial charge in [0.1, 0.15) is 5.75 Å². The Labute approximate surface area is 97.3 Å². The van der Waals surface area contributed by atoms with Crippen molar-refractivity contribution in [1.82, 2.24) is 0 Å². The van der Waals surface area contributed by atoms with Gasteiger partial charge in [0, 0.05) is 6.54 Å². The van der Waals surface area contributed by atoms with Gasteiger partial charge in [-0.05, 0) is 25.5 Å². The van der Waals surface area contributed by atoms with Crippen LogP contribution in [0.25, 0.3) is 0 Å². The van der Waals surface area contributed by atoms with Crippen LogP contribution in [-0.2, 0) is 0 Å². The molecule has 1 aromatic carbocycles. The second-order valence-corrected chi connectivity index (χ2v) is 3.88. The largest absolute Gasteiger partial charge is 0.491 e. The number of nitrogen functional groups attached to an aromatic ring is 1. The summed E-state index contributed by atoms with van der Waals surface area (Å²) in [6.45, 7) is 9.29. The molecule has 16 heavy (non-hydrogen) atoms. The molecule has 1 rings (SSSR count). The number of hydrogen-bond acceptors (Lipinski definition) is 3. The van der Waals surface area contributed by atoms with Crippen LogP contribution in [0.3, 0.4) is 0 Å². The summed E-state index contributed by atoms with van der Waals surface area (Å²) >= 11 is 0. The Hall–Kier alpha value is -1.64. The molecule has 3 N–H and O–H groups in total. The summed E-state index contributed by atoms with van der Waals surface area (Å²) < 4.78 is 5.55. The van der Waals surface area contributed by atoms with Gasteiger partial charge in [0.15, 0.2) is 0 Å². The fraction of sp³-hybridized carbons (Fsp3) is 0.385. The Kier molecular flexibility index (Phi) is 4.70. The molecule has 0 radical (unpaired) electrons. The van der Waals surface area contributed by atoms with Gasteiger partial charge in [-0.25, -0.2) is 0 Å². The van der Waals surface area contributed by atoms with Crippen LogP contribution in [0.4, 0.5) is 11.4 Å². The van der Waals surface area contributed by atoms with Crippen LogP contribution in [0.5, 0.6) is 5.75 Å². The number of ether oxygens (including phenoxy) is 1. The van der Waals surface area contributed by atoms with Gasteiger partial charge in [-0.2, -0.15) is 0 Å². The van der Waals surface area contributed by atoms with Crippen molar-refractivity contribution < 1.29 is 4.74 Å². The third-order valence-corrected chi connectivity index (χ3v) is 2.11. The Bertz CT molecular complexity index is 361. The molecule has 88 valence electrons. The molecule has 0 aliphatic rings. The van der Waals surface area contributed by atoms with Crippen molar-refractivity contribution in [2.45, 2.75) is 20.3 Å². The van der Waals surface area contributed by atoms with E-state index >= 15 is 0 Å². The molecular formula is C13H20N2O. The van der Waals surface area contributed by atoms with Gasteiger partial charge >= 0.3 is 0 Å². The lowest BCUT2D eigenvalue weighted by atomic mass is 10.2. The normalized spacial score (nSPS) is 9.88. The molecular weight excluding hydrogens is 200 g/mol. The quantitative estimate of drug-likeness (QED) is 0.572. The van der Waals surface area contributed by atoms with Gasteiger partial charge in [0.25, 0.3) is 0 Å². The predicted molar refractivity (Wildman–Crippen MR) is 69.9 cm³/mol. The Morgan fingerprint density at radius 1 is 1.50 bits per heavy atom. The maximum Gasteiger partial charge on any atom is 0.144 e. The predicted octanol–water partition coefficient (Wildman–Crippen LogP) is 3.05. The highest BCUT2D eigenvalue weighted by molar-refractivity contribution is 5.73. The van der Waals surface area contributed by atoms with E-state index in [-0.39, 0.29) is 0 Å². The lowest BCUT2D eigenvalue weighted by molar-refractivity contribution is 0.319. The first kappa shape index (κ1) is 12.4. The van der Waals surface area contributed by atoms with E-state index in [1.54, 1.807) is 0 Å². The van der Waals surface area contributed by atoms with Crippen LogP contribution >= 0.6 is 0 Å². The second kappa shape index (κ2) is 6.05. The van der Waals surface area contributed by atoms with Crippen molar-refractivity contribution in [2.24, 2.45) is 0 Å². The third kappa shape index (κ3) is 3.50. The fourth-order valence-corrected chi connectivity index (χ4v) is 1.28. The van der Waals surface area contributed by atoms with Crippen molar-refractivity contribution in [3.63, 3.8) is 0 Å². The van der Waals surface area contributed by atoms with Crippen LogP contribution in [0, 0.1) is 0 Å². The summed E-state index contributed by atoms with van der Waals surface area (Å²) in [5.74, 6) is 0.744. The molecule has 0 heterocycles. The van der Waals surface area contributed by atoms with Gasteiger partial charge in [-0.3, -0.25) is 0 Å². The van der Waals surface area contributed by atoms with Crippen LogP contribution in [0.2, 0.25) is 0 Å². The molecule has 0 saturated carbocycles. The van der Waals surface area contributed by atoms with E-state index in [4.69, 9.17) is 10.5 Å². The van der Waals surface area contributed by atoms with Gasteiger partial charge in [-0.1, -0.05) is 25.1 Å². The molecule has 0 aliphatic carbocycles. The summed E-state index contributed by atoms with van der Waals surface area (Å²) in [5.41, 5.74) is 8.63. The smallest absolute Gasteiger partial charge is 0.144 e. The standard InChI is InChI=1S/C13H20N2O/c1-4-8-16-12-7-5-6-11(13(12)14)15-9-10(2)3/h5-7,15H,2,4,8-9,14H2,1,3H3. The summed E-state index contributed by atoms with van der Waals surface area (Å²) in [6, 6.07) is 5.76. The first-order chi connectivity index (χ1) is 7.65. The number of anilines is 2. The number of nitrogens with one attached hydrogen (secondary N) is 1. The first-order valence-electron chi connectivity index (χ1n) is 5.54. The molecule has 3 nitrogen and oxygen atoms in total. The van der Waals surface area contributed by atoms with Crippen LogP contribution < -0.4 is 15.8 Å². The maximum absolute atomic E-state index is 5.99. The maximum atomic E-state index is 5.99. The van der Waals surface area contributed by atoms with E-state index in [2.05, 4.69) is 18.8 Å². The van der Waals surface area contributed by atoms with Crippen molar-refractivity contribution in [1.29, 1.82) is 0 Å². The van der Waals surface area contributed by atoms with E-state index < -0.39 is 0 Å². The molecule has 3 heteroatoms. The van der Waals surface area contributed by atoms with E-state index in [0.29, 0.717) is 12.3 Å². The van der Waals surface area contributed by atoms with Crippen molar-refractivity contribution >= 4 is 11.4 Å². The minimum absolute atomic E-state index is 0.664. The minimum atomic E-state index is 0.664. The van der Waals surface area contributed by atoms with E-state index in [1.807, 2.05) is 25.1 Å². The SMILES string of the molecule is C=C(C)CNc1cccc(OCCC)c1N. The Morgan fingerprint density at radius 2 is 2.25 bits per heavy atom. The molecule has 0 spiro atoms. The zero-order valence-corrected chi connectivity index (χ0v) is 10.0. The summed E-state index contributed by atoms with van der Waals surface area (Å²) in [5, 5.41) is 3.22. The highest BCUT2D eigenvalue weighted by atomic mass is 16.5. The van der Waals surface area contributed by atoms with Crippen LogP contribution in [0.1, 0.15) is 20.3 Å². The average Bonchev–Trinajstić information content (AvgIpc) is 2.26. The molecule has 0 aromatic heterocycles. The van der Waals surface area contributed by atoms with Crippen LogP contribution in [-0.4, -0.2) is 13.2 Å². The van der Waals surface area contributed by atoms with E-state index in [9.17, 15) is 0 Å². The molecule has 0 bridgehead atoms. The third-order valence-electron chi connectivity index (χ3n) is 2.11. The molecule has 0 atom stereocenters. The van der Waals surface area contributed by atoms with E-state index in [1.165, 1.54) is 0 Å². The number of benzene rings is 1. The van der Waals surface area contributed by atoms with Crippen LogP contribution in [0.15, 0.2) is 30.4 Å². The average molecular weight is 220 g/mol. The zero-order valence-electron chi connectivity index (χ0n) is 10.0. The molecule has 0 fully saturated rings. The molecule has 1 aromatic rings. The monoisotopic (exact) mass is 220 g/mol. The topological polar surface area (TPSA) is 47.3 Å². The fourth-order valence-electron chi connectivity index (χ4n) is 1.28. The van der Waals surface area contributed by atoms with E-state index in [0.717, 1.165) is 30.0 Å². The highest BCUT2D eigenvalue weighted by Crippen LogP contribution is 2.29. The Balaban J connectivity index is 2.73. The molecule has 0 saturated heterocycles. The second-order valence-electron chi connectivity index (χ2n) is 3.88. The molecule has 0 amide bonds. The van der Waals surface area contributed by atoms with Gasteiger partial charge in [0.2, 0.25) is 0 Å².